The molecule has 1 heterocycles. The van der Waals surface area contributed by atoms with Crippen LogP contribution in [0.5, 0.6) is 0 Å². The first kappa shape index (κ1) is 15.4. The van der Waals surface area contributed by atoms with Crippen LogP contribution in [-0.4, -0.2) is 15.5 Å². The van der Waals surface area contributed by atoms with Gasteiger partial charge in [-0.25, -0.2) is 12.8 Å². The van der Waals surface area contributed by atoms with Crippen molar-refractivity contribution in [1.29, 1.82) is 0 Å². The number of thiophene rings is 1. The Bertz CT molecular complexity index is 731. The standard InChI is InChI=1S/C12H12BrFN2O2S2/c1-16(9-4-2-3-8(14)5-9)20(17,18)11-6-10(7-15)19-12(11)13/h2-6H,7,15H2,1H3. The summed E-state index contributed by atoms with van der Waals surface area (Å²) in [6.07, 6.45) is 0. The van der Waals surface area contributed by atoms with Gasteiger partial charge >= 0.3 is 0 Å². The molecule has 4 nitrogen and oxygen atoms in total. The lowest BCUT2D eigenvalue weighted by Gasteiger charge is -2.19. The van der Waals surface area contributed by atoms with Gasteiger partial charge in [0, 0.05) is 18.5 Å². The molecular weight excluding hydrogens is 367 g/mol. The van der Waals surface area contributed by atoms with Gasteiger partial charge in [-0.05, 0) is 40.2 Å². The Morgan fingerprint density at radius 1 is 1.40 bits per heavy atom. The molecule has 0 saturated carbocycles. The molecule has 108 valence electrons. The molecule has 2 aromatic rings. The Morgan fingerprint density at radius 3 is 2.65 bits per heavy atom. The molecule has 0 fully saturated rings. The van der Waals surface area contributed by atoms with Gasteiger partial charge in [-0.3, -0.25) is 4.31 Å². The molecule has 0 bridgehead atoms. The Hall–Kier alpha value is -0.960. The Morgan fingerprint density at radius 2 is 2.10 bits per heavy atom. The number of nitrogens with two attached hydrogens (primary N) is 1. The molecule has 2 rings (SSSR count). The average molecular weight is 379 g/mol. The number of rotatable bonds is 4. The van der Waals surface area contributed by atoms with E-state index in [1.54, 1.807) is 0 Å². The lowest BCUT2D eigenvalue weighted by atomic mass is 10.3. The second kappa shape index (κ2) is 5.80. The fraction of sp³-hybridized carbons (Fsp3) is 0.167. The van der Waals surface area contributed by atoms with E-state index in [0.717, 1.165) is 9.18 Å². The second-order valence-electron chi connectivity index (χ2n) is 4.01. The number of halogens is 2. The molecule has 0 radical (unpaired) electrons. The minimum absolute atomic E-state index is 0.134. The highest BCUT2D eigenvalue weighted by atomic mass is 79.9. The monoisotopic (exact) mass is 378 g/mol. The molecule has 20 heavy (non-hydrogen) atoms. The highest BCUT2D eigenvalue weighted by Crippen LogP contribution is 2.34. The van der Waals surface area contributed by atoms with Crippen molar-refractivity contribution in [2.24, 2.45) is 5.73 Å². The van der Waals surface area contributed by atoms with Crippen molar-refractivity contribution in [3.05, 3.63) is 44.8 Å². The van der Waals surface area contributed by atoms with E-state index in [2.05, 4.69) is 15.9 Å². The van der Waals surface area contributed by atoms with Crippen LogP contribution in [-0.2, 0) is 16.6 Å². The Labute approximate surface area is 129 Å². The highest BCUT2D eigenvalue weighted by Gasteiger charge is 2.26. The minimum atomic E-state index is -3.75. The molecule has 0 aliphatic heterocycles. The Balaban J connectivity index is 2.46. The number of benzene rings is 1. The van der Waals surface area contributed by atoms with Crippen molar-refractivity contribution in [1.82, 2.24) is 0 Å². The molecule has 0 aliphatic carbocycles. The summed E-state index contributed by atoms with van der Waals surface area (Å²) in [5.41, 5.74) is 5.78. The Kier molecular flexibility index (Phi) is 4.48. The molecule has 0 amide bonds. The summed E-state index contributed by atoms with van der Waals surface area (Å²) >= 11 is 4.50. The molecule has 1 aromatic carbocycles. The first-order valence-corrected chi connectivity index (χ1v) is 8.64. The van der Waals surface area contributed by atoms with Crippen molar-refractivity contribution in [2.45, 2.75) is 11.4 Å². The van der Waals surface area contributed by atoms with Crippen LogP contribution in [0.15, 0.2) is 39.0 Å². The quantitative estimate of drug-likeness (QED) is 0.889. The fourth-order valence-electron chi connectivity index (χ4n) is 1.63. The van der Waals surface area contributed by atoms with Gasteiger partial charge in [0.05, 0.1) is 9.47 Å². The molecule has 8 heteroatoms. The zero-order valence-electron chi connectivity index (χ0n) is 10.5. The van der Waals surface area contributed by atoms with Gasteiger partial charge < -0.3 is 5.73 Å². The van der Waals surface area contributed by atoms with Gasteiger partial charge in [0.1, 0.15) is 10.7 Å². The van der Waals surface area contributed by atoms with E-state index in [4.69, 9.17) is 5.73 Å². The molecule has 0 spiro atoms. The van der Waals surface area contributed by atoms with Crippen LogP contribution >= 0.6 is 27.3 Å². The first-order chi connectivity index (χ1) is 9.36. The van der Waals surface area contributed by atoms with Crippen molar-refractivity contribution < 1.29 is 12.8 Å². The van der Waals surface area contributed by atoms with E-state index < -0.39 is 15.8 Å². The van der Waals surface area contributed by atoms with E-state index >= 15 is 0 Å². The van der Waals surface area contributed by atoms with Crippen LogP contribution in [0.1, 0.15) is 4.88 Å². The van der Waals surface area contributed by atoms with E-state index in [-0.39, 0.29) is 17.1 Å². The molecular formula is C12H12BrFN2O2S2. The van der Waals surface area contributed by atoms with Crippen molar-refractivity contribution in [3.63, 3.8) is 0 Å². The second-order valence-corrected chi connectivity index (χ2v) is 8.40. The SMILES string of the molecule is CN(c1cccc(F)c1)S(=O)(=O)c1cc(CN)sc1Br. The maximum absolute atomic E-state index is 13.2. The van der Waals surface area contributed by atoms with Crippen LogP contribution in [0.25, 0.3) is 0 Å². The average Bonchev–Trinajstić information content (AvgIpc) is 2.80. The number of sulfonamides is 1. The van der Waals surface area contributed by atoms with E-state index in [1.165, 1.54) is 48.7 Å². The van der Waals surface area contributed by atoms with E-state index in [1.807, 2.05) is 0 Å². The highest BCUT2D eigenvalue weighted by molar-refractivity contribution is 9.11. The third-order valence-corrected chi connectivity index (χ3v) is 6.78. The third kappa shape index (κ3) is 2.88. The summed E-state index contributed by atoms with van der Waals surface area (Å²) in [5, 5.41) is 0. The maximum Gasteiger partial charge on any atom is 0.266 e. The van der Waals surface area contributed by atoms with E-state index in [9.17, 15) is 12.8 Å². The van der Waals surface area contributed by atoms with Crippen LogP contribution in [0.2, 0.25) is 0 Å². The summed E-state index contributed by atoms with van der Waals surface area (Å²) in [6.45, 7) is 0.266. The zero-order chi connectivity index (χ0) is 14.9. The number of hydrogen-bond acceptors (Lipinski definition) is 4. The summed E-state index contributed by atoms with van der Waals surface area (Å²) in [7, 11) is -2.37. The van der Waals surface area contributed by atoms with Crippen molar-refractivity contribution in [3.8, 4) is 0 Å². The minimum Gasteiger partial charge on any atom is -0.326 e. The topological polar surface area (TPSA) is 63.4 Å². The lowest BCUT2D eigenvalue weighted by Crippen LogP contribution is -2.26. The number of anilines is 1. The predicted molar refractivity (Wildman–Crippen MR) is 81.9 cm³/mol. The fourth-order valence-corrected chi connectivity index (χ4v) is 5.33. The molecule has 0 saturated heterocycles. The molecule has 1 aromatic heterocycles. The van der Waals surface area contributed by atoms with Gasteiger partial charge in [0.25, 0.3) is 10.0 Å². The summed E-state index contributed by atoms with van der Waals surface area (Å²) in [6, 6.07) is 6.95. The molecule has 0 atom stereocenters. The van der Waals surface area contributed by atoms with Crippen molar-refractivity contribution >= 4 is 43.0 Å². The summed E-state index contributed by atoms with van der Waals surface area (Å²) < 4.78 is 39.8. The van der Waals surface area contributed by atoms with Crippen LogP contribution in [0.3, 0.4) is 0 Å². The van der Waals surface area contributed by atoms with Gasteiger partial charge in [0.15, 0.2) is 0 Å². The lowest BCUT2D eigenvalue weighted by molar-refractivity contribution is 0.594. The first-order valence-electron chi connectivity index (χ1n) is 5.59. The summed E-state index contributed by atoms with van der Waals surface area (Å²) in [4.78, 5) is 0.887. The van der Waals surface area contributed by atoms with Crippen molar-refractivity contribution in [2.75, 3.05) is 11.4 Å². The van der Waals surface area contributed by atoms with Crippen LogP contribution < -0.4 is 10.0 Å². The van der Waals surface area contributed by atoms with Gasteiger partial charge in [-0.15, -0.1) is 11.3 Å². The largest absolute Gasteiger partial charge is 0.326 e. The predicted octanol–water partition coefficient (Wildman–Crippen LogP) is 2.93. The van der Waals surface area contributed by atoms with Crippen LogP contribution in [0, 0.1) is 5.82 Å². The molecule has 0 aliphatic rings. The maximum atomic E-state index is 13.2. The van der Waals surface area contributed by atoms with E-state index in [0.29, 0.717) is 3.79 Å². The van der Waals surface area contributed by atoms with Gasteiger partial charge in [0.2, 0.25) is 0 Å². The van der Waals surface area contributed by atoms with Crippen LogP contribution in [0.4, 0.5) is 10.1 Å². The smallest absolute Gasteiger partial charge is 0.266 e. The number of hydrogen-bond donors (Lipinski definition) is 1. The molecule has 2 N–H and O–H groups in total. The zero-order valence-corrected chi connectivity index (χ0v) is 13.7. The van der Waals surface area contributed by atoms with Gasteiger partial charge in [-0.1, -0.05) is 6.07 Å². The normalized spacial score (nSPS) is 11.6. The number of nitrogens with zero attached hydrogens (tertiary/aromatic N) is 1. The molecule has 0 unspecified atom stereocenters. The summed E-state index contributed by atoms with van der Waals surface area (Å²) in [5.74, 6) is -0.489. The van der Waals surface area contributed by atoms with Gasteiger partial charge in [-0.2, -0.15) is 0 Å². The third-order valence-electron chi connectivity index (χ3n) is 2.72.